The smallest absolute Gasteiger partial charge is 0.255 e. The molecule has 1 aromatic rings. The van der Waals surface area contributed by atoms with Crippen LogP contribution in [0.5, 0.6) is 0 Å². The summed E-state index contributed by atoms with van der Waals surface area (Å²) in [6, 6.07) is 6.13. The number of aliphatic hydroxyl groups excluding tert-OH is 1. The van der Waals surface area contributed by atoms with Crippen molar-refractivity contribution in [1.29, 1.82) is 0 Å². The van der Waals surface area contributed by atoms with Crippen molar-refractivity contribution in [1.82, 2.24) is 4.90 Å². The Morgan fingerprint density at radius 3 is 2.81 bits per heavy atom. The van der Waals surface area contributed by atoms with Gasteiger partial charge in [0.1, 0.15) is 6.61 Å². The van der Waals surface area contributed by atoms with Gasteiger partial charge in [0, 0.05) is 18.2 Å². The molecule has 0 aromatic heterocycles. The zero-order chi connectivity index (χ0) is 15.2. The molecule has 2 rings (SSSR count). The van der Waals surface area contributed by atoms with Crippen molar-refractivity contribution < 1.29 is 9.90 Å². The lowest BCUT2D eigenvalue weighted by Gasteiger charge is -2.23. The van der Waals surface area contributed by atoms with E-state index in [1.165, 1.54) is 0 Å². The van der Waals surface area contributed by atoms with E-state index >= 15 is 0 Å². The van der Waals surface area contributed by atoms with Crippen LogP contribution in [0, 0.1) is 18.8 Å². The van der Waals surface area contributed by atoms with Gasteiger partial charge in [0.15, 0.2) is 0 Å². The zero-order valence-corrected chi connectivity index (χ0v) is 12.9. The number of unbranched alkanes of at least 4 members (excludes halogenated alkanes) is 1. The van der Waals surface area contributed by atoms with Crippen LogP contribution < -0.4 is 0 Å². The zero-order valence-electron chi connectivity index (χ0n) is 12.9. The van der Waals surface area contributed by atoms with Gasteiger partial charge in [-0.05, 0) is 38.3 Å². The quantitative estimate of drug-likeness (QED) is 0.845. The van der Waals surface area contributed by atoms with Crippen molar-refractivity contribution in [3.8, 4) is 11.8 Å². The molecular formula is C18H23NO2. The topological polar surface area (TPSA) is 40.5 Å². The van der Waals surface area contributed by atoms with Crippen LogP contribution in [0.2, 0.25) is 0 Å². The lowest BCUT2D eigenvalue weighted by Crippen LogP contribution is -2.34. The molecule has 0 spiro atoms. The summed E-state index contributed by atoms with van der Waals surface area (Å²) in [6.45, 7) is 4.75. The van der Waals surface area contributed by atoms with Gasteiger partial charge in [-0.1, -0.05) is 36.8 Å². The summed E-state index contributed by atoms with van der Waals surface area (Å²) in [5.41, 5.74) is 2.43. The summed E-state index contributed by atoms with van der Waals surface area (Å²) in [5.74, 6) is 5.62. The maximum atomic E-state index is 12.9. The Hall–Kier alpha value is -1.79. The minimum atomic E-state index is -0.191. The fourth-order valence-corrected chi connectivity index (χ4v) is 2.40. The molecule has 112 valence electrons. The second kappa shape index (κ2) is 7.28. The Bertz CT molecular complexity index is 564. The van der Waals surface area contributed by atoms with E-state index in [1.54, 1.807) is 0 Å². The van der Waals surface area contributed by atoms with Crippen LogP contribution in [0.3, 0.4) is 0 Å². The molecule has 1 aromatic carbocycles. The van der Waals surface area contributed by atoms with E-state index in [2.05, 4.69) is 18.8 Å². The number of benzene rings is 1. The molecular weight excluding hydrogens is 262 g/mol. The Balaban J connectivity index is 2.29. The highest BCUT2D eigenvalue weighted by Crippen LogP contribution is 2.29. The van der Waals surface area contributed by atoms with Crippen molar-refractivity contribution in [3.05, 3.63) is 34.9 Å². The van der Waals surface area contributed by atoms with Gasteiger partial charge in [-0.25, -0.2) is 0 Å². The number of hydrogen-bond donors (Lipinski definition) is 1. The predicted molar refractivity (Wildman–Crippen MR) is 84.1 cm³/mol. The van der Waals surface area contributed by atoms with Crippen molar-refractivity contribution in [2.75, 3.05) is 13.2 Å². The molecule has 1 saturated carbocycles. The van der Waals surface area contributed by atoms with Gasteiger partial charge >= 0.3 is 0 Å². The molecule has 21 heavy (non-hydrogen) atoms. The molecule has 3 nitrogen and oxygen atoms in total. The van der Waals surface area contributed by atoms with Gasteiger partial charge in [0.25, 0.3) is 5.91 Å². The molecule has 1 fully saturated rings. The maximum Gasteiger partial charge on any atom is 0.255 e. The van der Waals surface area contributed by atoms with E-state index in [9.17, 15) is 4.79 Å². The Labute approximate surface area is 127 Å². The van der Waals surface area contributed by atoms with Crippen molar-refractivity contribution in [2.45, 2.75) is 45.6 Å². The molecule has 0 atom stereocenters. The highest BCUT2D eigenvalue weighted by Gasteiger charge is 2.33. The number of carbonyl (C=O) groups excluding carboxylic acids is 1. The molecule has 3 heteroatoms. The van der Waals surface area contributed by atoms with Gasteiger partial charge in [-0.15, -0.1) is 0 Å². The first-order valence-electron chi connectivity index (χ1n) is 7.68. The van der Waals surface area contributed by atoms with Crippen LogP contribution in [0.4, 0.5) is 0 Å². The lowest BCUT2D eigenvalue weighted by molar-refractivity contribution is 0.0740. The third-order valence-corrected chi connectivity index (χ3v) is 3.71. The first kappa shape index (κ1) is 15.6. The van der Waals surface area contributed by atoms with Crippen molar-refractivity contribution in [2.24, 2.45) is 0 Å². The van der Waals surface area contributed by atoms with Gasteiger partial charge in [0.2, 0.25) is 0 Å². The number of carbonyl (C=O) groups is 1. The van der Waals surface area contributed by atoms with E-state index in [0.717, 1.165) is 37.8 Å². The molecule has 0 heterocycles. The van der Waals surface area contributed by atoms with Gasteiger partial charge in [-0.2, -0.15) is 0 Å². The highest BCUT2D eigenvalue weighted by molar-refractivity contribution is 5.97. The SMILES string of the molecule is CCCCN(C(=O)c1cc(C)ccc1C#CCO)C1CC1. The summed E-state index contributed by atoms with van der Waals surface area (Å²) in [4.78, 5) is 14.9. The largest absolute Gasteiger partial charge is 0.384 e. The fourth-order valence-electron chi connectivity index (χ4n) is 2.40. The first-order chi connectivity index (χ1) is 10.2. The molecule has 0 radical (unpaired) electrons. The Morgan fingerprint density at radius 1 is 1.43 bits per heavy atom. The third-order valence-electron chi connectivity index (χ3n) is 3.71. The number of aryl methyl sites for hydroxylation is 1. The normalized spacial score (nSPS) is 13.5. The van der Waals surface area contributed by atoms with Crippen LogP contribution >= 0.6 is 0 Å². The average Bonchev–Trinajstić information content (AvgIpc) is 3.31. The molecule has 0 aliphatic heterocycles. The number of aliphatic hydroxyl groups is 1. The molecule has 0 saturated heterocycles. The summed E-state index contributed by atoms with van der Waals surface area (Å²) in [6.07, 6.45) is 4.34. The minimum Gasteiger partial charge on any atom is -0.384 e. The maximum absolute atomic E-state index is 12.9. The van der Waals surface area contributed by atoms with E-state index in [0.29, 0.717) is 17.2 Å². The van der Waals surface area contributed by atoms with E-state index in [1.807, 2.05) is 30.0 Å². The van der Waals surface area contributed by atoms with Gasteiger partial charge < -0.3 is 10.0 Å². The Kier molecular flexibility index (Phi) is 5.41. The van der Waals surface area contributed by atoms with Crippen molar-refractivity contribution in [3.63, 3.8) is 0 Å². The first-order valence-corrected chi connectivity index (χ1v) is 7.68. The molecule has 1 N–H and O–H groups in total. The highest BCUT2D eigenvalue weighted by atomic mass is 16.2. The van der Waals surface area contributed by atoms with Crippen LogP contribution in [0.15, 0.2) is 18.2 Å². The summed E-state index contributed by atoms with van der Waals surface area (Å²) < 4.78 is 0. The lowest BCUT2D eigenvalue weighted by atomic mass is 10.0. The van der Waals surface area contributed by atoms with Crippen LogP contribution in [0.25, 0.3) is 0 Å². The second-order valence-corrected chi connectivity index (χ2v) is 5.59. The summed E-state index contributed by atoms with van der Waals surface area (Å²) >= 11 is 0. The molecule has 0 unspecified atom stereocenters. The summed E-state index contributed by atoms with van der Waals surface area (Å²) in [7, 11) is 0. The van der Waals surface area contributed by atoms with Gasteiger partial charge in [0.05, 0.1) is 5.56 Å². The second-order valence-electron chi connectivity index (χ2n) is 5.59. The van der Waals surface area contributed by atoms with Crippen LogP contribution in [0.1, 0.15) is 54.1 Å². The Morgan fingerprint density at radius 2 is 2.19 bits per heavy atom. The molecule has 1 amide bonds. The van der Waals surface area contributed by atoms with E-state index in [4.69, 9.17) is 5.11 Å². The van der Waals surface area contributed by atoms with Crippen LogP contribution in [-0.2, 0) is 0 Å². The number of nitrogens with zero attached hydrogens (tertiary/aromatic N) is 1. The monoisotopic (exact) mass is 285 g/mol. The predicted octanol–water partition coefficient (Wildman–Crippen LogP) is 2.74. The number of hydrogen-bond acceptors (Lipinski definition) is 2. The summed E-state index contributed by atoms with van der Waals surface area (Å²) in [5, 5.41) is 8.87. The third kappa shape index (κ3) is 4.09. The number of rotatable bonds is 5. The van der Waals surface area contributed by atoms with Crippen LogP contribution in [-0.4, -0.2) is 35.1 Å². The fraction of sp³-hybridized carbons (Fsp3) is 0.500. The molecule has 1 aliphatic carbocycles. The van der Waals surface area contributed by atoms with Gasteiger partial charge in [-0.3, -0.25) is 4.79 Å². The molecule has 1 aliphatic rings. The molecule has 0 bridgehead atoms. The standard InChI is InChI=1S/C18H23NO2/c1-3-4-11-19(16-9-10-16)18(21)17-13-14(2)7-8-15(17)6-5-12-20/h7-8,13,16,20H,3-4,9-12H2,1-2H3. The van der Waals surface area contributed by atoms with E-state index in [-0.39, 0.29) is 12.5 Å². The minimum absolute atomic E-state index is 0.0805. The van der Waals surface area contributed by atoms with Crippen molar-refractivity contribution >= 4 is 5.91 Å². The van der Waals surface area contributed by atoms with E-state index < -0.39 is 0 Å². The average molecular weight is 285 g/mol. The number of amides is 1.